The van der Waals surface area contributed by atoms with Crippen molar-refractivity contribution in [1.82, 2.24) is 10.4 Å². The van der Waals surface area contributed by atoms with Gasteiger partial charge in [0.25, 0.3) is 0 Å². The maximum absolute atomic E-state index is 12.9. The third-order valence-electron chi connectivity index (χ3n) is 5.53. The predicted octanol–water partition coefficient (Wildman–Crippen LogP) is 2.72. The van der Waals surface area contributed by atoms with Gasteiger partial charge in [0.15, 0.2) is 6.29 Å². The molecule has 0 spiro atoms. The van der Waals surface area contributed by atoms with Gasteiger partial charge in [-0.2, -0.15) is 0 Å². The van der Waals surface area contributed by atoms with Crippen LogP contribution in [0.4, 0.5) is 0 Å². The van der Waals surface area contributed by atoms with Crippen LogP contribution in [0, 0.1) is 5.41 Å². The van der Waals surface area contributed by atoms with Crippen LogP contribution in [-0.2, 0) is 25.4 Å². The van der Waals surface area contributed by atoms with Gasteiger partial charge in [-0.1, -0.05) is 37.5 Å². The molecule has 0 atom stereocenters. The number of nitrogens with one attached hydrogen (secondary N) is 2. The number of carbonyl (C=O) groups is 1. The second kappa shape index (κ2) is 13.3. The molecule has 0 unspecified atom stereocenters. The number of benzene rings is 1. The molecule has 0 radical (unpaired) electrons. The van der Waals surface area contributed by atoms with Crippen molar-refractivity contribution in [1.29, 1.82) is 5.41 Å². The first-order valence-corrected chi connectivity index (χ1v) is 10.6. The van der Waals surface area contributed by atoms with Crippen LogP contribution in [0.5, 0.6) is 0 Å². The normalized spacial score (nSPS) is 14.7. The fourth-order valence-electron chi connectivity index (χ4n) is 3.80. The van der Waals surface area contributed by atoms with Crippen molar-refractivity contribution in [2.45, 2.75) is 57.3 Å². The Morgan fingerprint density at radius 1 is 1.23 bits per heavy atom. The lowest BCUT2D eigenvalue weighted by Gasteiger charge is -2.36. The van der Waals surface area contributed by atoms with Gasteiger partial charge in [-0.05, 0) is 30.9 Å². The Hall–Kier alpha value is -2.00. The zero-order valence-electron chi connectivity index (χ0n) is 18.1. The van der Waals surface area contributed by atoms with Gasteiger partial charge in [-0.25, -0.2) is 0 Å². The summed E-state index contributed by atoms with van der Waals surface area (Å²) in [5, 5.41) is 16.5. The first-order chi connectivity index (χ1) is 14.6. The third kappa shape index (κ3) is 7.68. The number of ether oxygens (including phenoxy) is 3. The van der Waals surface area contributed by atoms with Gasteiger partial charge in [-0.3, -0.25) is 20.9 Å². The molecule has 1 aromatic rings. The molecule has 0 saturated heterocycles. The lowest BCUT2D eigenvalue weighted by Crippen LogP contribution is -2.46. The summed E-state index contributed by atoms with van der Waals surface area (Å²) in [7, 11) is 3.18. The zero-order valence-corrected chi connectivity index (χ0v) is 18.1. The number of amides is 1. The average Bonchev–Trinajstić information content (AvgIpc) is 2.79. The third-order valence-corrected chi connectivity index (χ3v) is 5.53. The minimum atomic E-state index is -0.420. The molecule has 0 heterocycles. The first kappa shape index (κ1) is 24.3. The summed E-state index contributed by atoms with van der Waals surface area (Å²) in [5.41, 5.74) is 3.46. The Balaban J connectivity index is 1.79. The number of carbonyl (C=O) groups excluding carboxylic acids is 1. The largest absolute Gasteiger partial charge is 0.381 e. The Labute approximate surface area is 179 Å². The molecular formula is C22H35N3O5. The van der Waals surface area contributed by atoms with Crippen molar-refractivity contribution in [3.63, 3.8) is 0 Å². The van der Waals surface area contributed by atoms with E-state index in [1.54, 1.807) is 20.3 Å². The summed E-state index contributed by atoms with van der Waals surface area (Å²) in [6.45, 7) is 1.29. The van der Waals surface area contributed by atoms with Crippen LogP contribution in [0.15, 0.2) is 24.3 Å². The quantitative estimate of drug-likeness (QED) is 0.158. The molecule has 168 valence electrons. The van der Waals surface area contributed by atoms with Crippen molar-refractivity contribution in [3.05, 3.63) is 35.4 Å². The number of rotatable bonds is 12. The Kier molecular flexibility index (Phi) is 10.8. The van der Waals surface area contributed by atoms with Crippen molar-refractivity contribution in [3.8, 4) is 0 Å². The SMILES string of the molecule is COC(CN(C(=O)CCOCCc1cccc(C(=N)NO)c1)C1CCCCC1)OC. The second-order valence-corrected chi connectivity index (χ2v) is 7.54. The number of hydrogen-bond acceptors (Lipinski definition) is 6. The van der Waals surface area contributed by atoms with E-state index in [1.807, 2.05) is 28.6 Å². The highest BCUT2D eigenvalue weighted by atomic mass is 16.7. The molecule has 0 bridgehead atoms. The lowest BCUT2D eigenvalue weighted by molar-refractivity contribution is -0.151. The van der Waals surface area contributed by atoms with E-state index < -0.39 is 6.29 Å². The van der Waals surface area contributed by atoms with Crippen molar-refractivity contribution in [2.24, 2.45) is 0 Å². The van der Waals surface area contributed by atoms with Crippen LogP contribution in [0.2, 0.25) is 0 Å². The highest BCUT2D eigenvalue weighted by molar-refractivity contribution is 5.95. The van der Waals surface area contributed by atoms with E-state index in [0.717, 1.165) is 31.2 Å². The highest BCUT2D eigenvalue weighted by Gasteiger charge is 2.27. The molecule has 0 aliphatic heterocycles. The smallest absolute Gasteiger partial charge is 0.225 e. The molecule has 1 saturated carbocycles. The van der Waals surface area contributed by atoms with Gasteiger partial charge in [0.2, 0.25) is 5.91 Å². The van der Waals surface area contributed by atoms with Crippen molar-refractivity contribution in [2.75, 3.05) is 34.0 Å². The number of hydroxylamine groups is 1. The molecule has 3 N–H and O–H groups in total. The van der Waals surface area contributed by atoms with Gasteiger partial charge in [-0.15, -0.1) is 0 Å². The van der Waals surface area contributed by atoms with Crippen LogP contribution in [0.3, 0.4) is 0 Å². The number of hydrogen-bond donors (Lipinski definition) is 3. The minimum absolute atomic E-state index is 0.0448. The summed E-state index contributed by atoms with van der Waals surface area (Å²) < 4.78 is 16.3. The maximum Gasteiger partial charge on any atom is 0.225 e. The van der Waals surface area contributed by atoms with Crippen LogP contribution in [-0.4, -0.2) is 68.2 Å². The summed E-state index contributed by atoms with van der Waals surface area (Å²) in [6.07, 6.45) is 6.17. The molecular weight excluding hydrogens is 386 g/mol. The molecule has 2 rings (SSSR count). The summed E-state index contributed by atoms with van der Waals surface area (Å²) >= 11 is 0. The predicted molar refractivity (Wildman–Crippen MR) is 114 cm³/mol. The number of nitrogens with zero attached hydrogens (tertiary/aromatic N) is 1. The number of amidine groups is 1. The average molecular weight is 422 g/mol. The minimum Gasteiger partial charge on any atom is -0.381 e. The van der Waals surface area contributed by atoms with Crippen LogP contribution < -0.4 is 5.48 Å². The topological polar surface area (TPSA) is 104 Å². The molecule has 0 aromatic heterocycles. The summed E-state index contributed by atoms with van der Waals surface area (Å²) in [5.74, 6) is 0.0297. The molecule has 1 aliphatic rings. The molecule has 1 amide bonds. The molecule has 8 nitrogen and oxygen atoms in total. The van der Waals surface area contributed by atoms with Gasteiger partial charge in [0.05, 0.1) is 26.2 Å². The highest BCUT2D eigenvalue weighted by Crippen LogP contribution is 2.23. The first-order valence-electron chi connectivity index (χ1n) is 10.6. The summed E-state index contributed by atoms with van der Waals surface area (Å²) in [4.78, 5) is 14.8. The van der Waals surface area contributed by atoms with E-state index in [-0.39, 0.29) is 17.8 Å². The molecule has 1 aromatic carbocycles. The maximum atomic E-state index is 12.9. The van der Waals surface area contributed by atoms with E-state index >= 15 is 0 Å². The fraction of sp³-hybridized carbons (Fsp3) is 0.636. The Morgan fingerprint density at radius 3 is 2.63 bits per heavy atom. The molecule has 8 heteroatoms. The van der Waals surface area contributed by atoms with Gasteiger partial charge < -0.3 is 19.1 Å². The Morgan fingerprint density at radius 2 is 1.97 bits per heavy atom. The van der Waals surface area contributed by atoms with E-state index in [0.29, 0.717) is 38.2 Å². The number of methoxy groups -OCH3 is 2. The zero-order chi connectivity index (χ0) is 21.8. The lowest BCUT2D eigenvalue weighted by atomic mass is 9.94. The monoisotopic (exact) mass is 421 g/mol. The van der Waals surface area contributed by atoms with E-state index in [4.69, 9.17) is 24.8 Å². The van der Waals surface area contributed by atoms with E-state index in [1.165, 1.54) is 6.42 Å². The van der Waals surface area contributed by atoms with Crippen LogP contribution in [0.1, 0.15) is 49.7 Å². The Bertz CT molecular complexity index is 660. The van der Waals surface area contributed by atoms with Gasteiger partial charge in [0.1, 0.15) is 5.84 Å². The van der Waals surface area contributed by atoms with Crippen molar-refractivity contribution >= 4 is 11.7 Å². The second-order valence-electron chi connectivity index (χ2n) is 7.54. The fourth-order valence-corrected chi connectivity index (χ4v) is 3.80. The van der Waals surface area contributed by atoms with Crippen LogP contribution >= 0.6 is 0 Å². The van der Waals surface area contributed by atoms with Gasteiger partial charge in [0, 0.05) is 25.8 Å². The van der Waals surface area contributed by atoms with E-state index in [2.05, 4.69) is 0 Å². The summed E-state index contributed by atoms with van der Waals surface area (Å²) in [6, 6.07) is 7.62. The van der Waals surface area contributed by atoms with Gasteiger partial charge >= 0.3 is 0 Å². The van der Waals surface area contributed by atoms with E-state index in [9.17, 15) is 4.79 Å². The molecule has 1 fully saturated rings. The van der Waals surface area contributed by atoms with Crippen molar-refractivity contribution < 1.29 is 24.2 Å². The molecule has 30 heavy (non-hydrogen) atoms. The molecule has 1 aliphatic carbocycles. The standard InChI is InChI=1S/C22H35N3O5/c1-28-21(29-2)16-25(19-9-4-3-5-10-19)20(26)12-14-30-13-11-17-7-6-8-18(15-17)22(23)24-27/h6-8,15,19,21,27H,3-5,9-14,16H2,1-2H3,(H2,23,24). The van der Waals surface area contributed by atoms with Crippen LogP contribution in [0.25, 0.3) is 0 Å².